The van der Waals surface area contributed by atoms with E-state index in [-0.39, 0.29) is 0 Å². The van der Waals surface area contributed by atoms with Crippen LogP contribution in [0.25, 0.3) is 11.1 Å². The van der Waals surface area contributed by atoms with Crippen LogP contribution >= 0.6 is 0 Å². The van der Waals surface area contributed by atoms with Crippen molar-refractivity contribution in [2.45, 2.75) is 46.1 Å². The molecule has 0 spiro atoms. The maximum Gasteiger partial charge on any atom is 0.102 e. The number of benzene rings is 2. The van der Waals surface area contributed by atoms with Crippen LogP contribution < -0.4 is 0 Å². The second-order valence-electron chi connectivity index (χ2n) is 8.42. The zero-order valence-corrected chi connectivity index (χ0v) is 18.5. The Morgan fingerprint density at radius 1 is 0.760 bits per heavy atom. The third kappa shape index (κ3) is 3.02. The normalized spacial score (nSPS) is 21.2. The Kier molecular flexibility index (Phi) is 4.78. The van der Waals surface area contributed by atoms with Crippen molar-refractivity contribution in [3.05, 3.63) is 81.8 Å². The molecule has 0 N–H and O–H groups in total. The molecule has 1 heterocycles. The molecule has 0 aliphatic carbocycles. The van der Waals surface area contributed by atoms with Gasteiger partial charge in [-0.05, 0) is 29.2 Å². The molecule has 0 nitrogen and oxygen atoms in total. The molecule has 0 fully saturated rings. The lowest BCUT2D eigenvalue weighted by Gasteiger charge is -2.35. The summed E-state index contributed by atoms with van der Waals surface area (Å²) in [6.07, 6.45) is 0. The fourth-order valence-electron chi connectivity index (χ4n) is 4.56. The van der Waals surface area contributed by atoms with E-state index in [1.807, 2.05) is 4.82 Å². The molecule has 2 aromatic carbocycles. The van der Waals surface area contributed by atoms with Crippen LogP contribution in [0, 0.1) is 0 Å². The van der Waals surface area contributed by atoms with E-state index in [2.05, 4.69) is 101 Å². The van der Waals surface area contributed by atoms with E-state index in [1.165, 1.54) is 22.7 Å². The van der Waals surface area contributed by atoms with Crippen molar-refractivity contribution in [1.82, 2.24) is 0 Å². The Labute approximate surface area is 155 Å². The fraction of sp³-hybridized carbons (Fsp3) is 0.304. The first-order valence-corrected chi connectivity index (χ1v) is 15.6. The van der Waals surface area contributed by atoms with Gasteiger partial charge in [0.1, 0.15) is 8.07 Å². The topological polar surface area (TPSA) is 0 Å². The molecular formula is C23H30Si2. The molecule has 1 unspecified atom stereocenters. The van der Waals surface area contributed by atoms with Crippen LogP contribution in [0.4, 0.5) is 0 Å². The van der Waals surface area contributed by atoms with Crippen LogP contribution in [0.2, 0.25) is 32.2 Å². The lowest BCUT2D eigenvalue weighted by atomic mass is 9.93. The van der Waals surface area contributed by atoms with Gasteiger partial charge >= 0.3 is 0 Å². The highest BCUT2D eigenvalue weighted by Gasteiger charge is 2.47. The van der Waals surface area contributed by atoms with Gasteiger partial charge in [0.05, 0.1) is 8.07 Å². The van der Waals surface area contributed by atoms with Gasteiger partial charge in [-0.15, -0.1) is 0 Å². The predicted octanol–water partition coefficient (Wildman–Crippen LogP) is 6.98. The number of hydrogen-bond acceptors (Lipinski definition) is 0. The minimum absolute atomic E-state index is 1.30. The minimum atomic E-state index is -1.60. The van der Waals surface area contributed by atoms with E-state index < -0.39 is 16.1 Å². The monoisotopic (exact) mass is 362 g/mol. The van der Waals surface area contributed by atoms with Crippen LogP contribution in [0.1, 0.15) is 25.0 Å². The van der Waals surface area contributed by atoms with Crippen molar-refractivity contribution in [2.24, 2.45) is 0 Å². The van der Waals surface area contributed by atoms with Gasteiger partial charge < -0.3 is 0 Å². The largest absolute Gasteiger partial charge is 0.102 e. The summed E-state index contributed by atoms with van der Waals surface area (Å²) in [6, 6.07) is 23.5. The van der Waals surface area contributed by atoms with Gasteiger partial charge in [-0.2, -0.15) is 0 Å². The molecule has 3 rings (SSSR count). The van der Waals surface area contributed by atoms with E-state index in [0.29, 0.717) is 0 Å². The molecule has 2 heteroatoms. The summed E-state index contributed by atoms with van der Waals surface area (Å²) in [5.74, 6) is 0. The molecule has 0 saturated heterocycles. The molecule has 25 heavy (non-hydrogen) atoms. The van der Waals surface area contributed by atoms with Crippen molar-refractivity contribution in [1.29, 1.82) is 0 Å². The summed E-state index contributed by atoms with van der Waals surface area (Å²) in [6.45, 7) is 15.0. The van der Waals surface area contributed by atoms with E-state index in [0.717, 1.165) is 0 Å². The molecule has 0 amide bonds. The van der Waals surface area contributed by atoms with Crippen molar-refractivity contribution in [3.63, 3.8) is 0 Å². The average molecular weight is 363 g/mol. The van der Waals surface area contributed by atoms with Crippen molar-refractivity contribution < 1.29 is 0 Å². The molecule has 0 radical (unpaired) electrons. The van der Waals surface area contributed by atoms with Gasteiger partial charge in [-0.3, -0.25) is 0 Å². The molecule has 130 valence electrons. The van der Waals surface area contributed by atoms with Crippen LogP contribution in [-0.4, -0.2) is 16.1 Å². The highest BCUT2D eigenvalue weighted by atomic mass is 28.4. The van der Waals surface area contributed by atoms with E-state index in [4.69, 9.17) is 0 Å². The quantitative estimate of drug-likeness (QED) is 0.514. The van der Waals surface area contributed by atoms with E-state index in [9.17, 15) is 0 Å². The molecule has 0 bridgehead atoms. The lowest BCUT2D eigenvalue weighted by Crippen LogP contribution is -2.44. The van der Waals surface area contributed by atoms with Gasteiger partial charge in [0.2, 0.25) is 0 Å². The van der Waals surface area contributed by atoms with E-state index >= 15 is 0 Å². The average Bonchev–Trinajstić information content (AvgIpc) is 2.85. The molecule has 2 aromatic rings. The zero-order valence-electron chi connectivity index (χ0n) is 16.5. The third-order valence-electron chi connectivity index (χ3n) is 5.84. The third-order valence-corrected chi connectivity index (χ3v) is 16.2. The summed E-state index contributed by atoms with van der Waals surface area (Å²) in [7, 11) is -3.04. The highest BCUT2D eigenvalue weighted by Crippen LogP contribution is 2.52. The van der Waals surface area contributed by atoms with Gasteiger partial charge in [-0.1, -0.05) is 110 Å². The van der Waals surface area contributed by atoms with Crippen LogP contribution in [-0.2, 0) is 0 Å². The maximum atomic E-state index is 2.61. The van der Waals surface area contributed by atoms with Gasteiger partial charge in [0, 0.05) is 0 Å². The Morgan fingerprint density at radius 2 is 1.20 bits per heavy atom. The van der Waals surface area contributed by atoms with Crippen LogP contribution in [0.5, 0.6) is 0 Å². The summed E-state index contributed by atoms with van der Waals surface area (Å²) in [4.78, 5) is 1.85. The molecule has 1 atom stereocenters. The predicted molar refractivity (Wildman–Crippen MR) is 118 cm³/mol. The smallest absolute Gasteiger partial charge is 0.0783 e. The van der Waals surface area contributed by atoms with Gasteiger partial charge in [-0.25, -0.2) is 0 Å². The summed E-state index contributed by atoms with van der Waals surface area (Å²) >= 11 is 0. The summed E-state index contributed by atoms with van der Waals surface area (Å²) in [5.41, 5.74) is 5.89. The standard InChI is InChI=1S/C23H30Si2/c1-7-25(6)18(2)21(19-14-10-8-11-15-19)22(23(25)24(3,4)5)20-16-12-9-13-17-20/h8-17H,7H2,1-6H3. The first-order chi connectivity index (χ1) is 11.8. The first-order valence-electron chi connectivity index (χ1n) is 9.38. The molecule has 1 aliphatic heterocycles. The molecule has 0 aromatic heterocycles. The number of allylic oxidation sites excluding steroid dienone is 3. The summed E-state index contributed by atoms with van der Waals surface area (Å²) < 4.78 is 0. The fourth-order valence-corrected chi connectivity index (χ4v) is 16.2. The summed E-state index contributed by atoms with van der Waals surface area (Å²) in [5, 5.41) is 1.68. The van der Waals surface area contributed by atoms with Crippen molar-refractivity contribution in [3.8, 4) is 0 Å². The minimum Gasteiger partial charge on any atom is -0.0783 e. The Balaban J connectivity index is 2.40. The Morgan fingerprint density at radius 3 is 1.60 bits per heavy atom. The number of hydrogen-bond donors (Lipinski definition) is 0. The van der Waals surface area contributed by atoms with Gasteiger partial charge in [0.15, 0.2) is 0 Å². The van der Waals surface area contributed by atoms with Crippen LogP contribution in [0.3, 0.4) is 0 Å². The van der Waals surface area contributed by atoms with Crippen molar-refractivity contribution in [2.75, 3.05) is 0 Å². The van der Waals surface area contributed by atoms with Crippen LogP contribution in [0.15, 0.2) is 70.7 Å². The second-order valence-corrected chi connectivity index (χ2v) is 18.5. The molecular weight excluding hydrogens is 332 g/mol. The number of rotatable bonds is 4. The molecule has 0 saturated carbocycles. The Bertz CT molecular complexity index is 823. The highest BCUT2D eigenvalue weighted by molar-refractivity contribution is 7.11. The Hall–Kier alpha value is -1.65. The van der Waals surface area contributed by atoms with E-state index in [1.54, 1.807) is 10.8 Å². The SMILES string of the molecule is CC[Si]1(C)C(C)=C(c2ccccc2)C(c2ccccc2)=C1[Si](C)(C)C. The second kappa shape index (κ2) is 6.58. The maximum absolute atomic E-state index is 2.61. The molecule has 1 aliphatic rings. The zero-order chi connectivity index (χ0) is 18.2. The lowest BCUT2D eigenvalue weighted by molar-refractivity contribution is 1.35. The first kappa shape index (κ1) is 18.2. The van der Waals surface area contributed by atoms with Gasteiger partial charge in [0.25, 0.3) is 0 Å². The van der Waals surface area contributed by atoms with Crippen molar-refractivity contribution >= 4 is 27.3 Å².